The average molecular weight is 250 g/mol. The molecule has 0 aliphatic carbocycles. The zero-order valence-corrected chi connectivity index (χ0v) is 11.4. The normalized spacial score (nSPS) is 19.1. The van der Waals surface area contributed by atoms with Crippen LogP contribution >= 0.6 is 11.8 Å². The molecule has 17 heavy (non-hydrogen) atoms. The number of hydrogen-bond acceptors (Lipinski definition) is 3. The first-order chi connectivity index (χ1) is 8.40. The topological polar surface area (TPSA) is 24.9 Å². The second-order valence-corrected chi connectivity index (χ2v) is 5.91. The Labute approximate surface area is 109 Å². The van der Waals surface area contributed by atoms with E-state index >= 15 is 0 Å². The SMILES string of the molecule is CCNC(CC1CCSCC1)c1cccnc1. The fraction of sp³-hybridized carbons (Fsp3) is 0.643. The van der Waals surface area contributed by atoms with Crippen LogP contribution in [-0.2, 0) is 0 Å². The fourth-order valence-electron chi connectivity index (χ4n) is 2.48. The molecule has 2 rings (SSSR count). The largest absolute Gasteiger partial charge is 0.310 e. The third-order valence-corrected chi connectivity index (χ3v) is 4.50. The van der Waals surface area contributed by atoms with Gasteiger partial charge in [-0.25, -0.2) is 0 Å². The van der Waals surface area contributed by atoms with E-state index in [0.29, 0.717) is 6.04 Å². The molecular weight excluding hydrogens is 228 g/mol. The Bertz CT molecular complexity index is 309. The van der Waals surface area contributed by atoms with Crippen molar-refractivity contribution in [1.82, 2.24) is 10.3 Å². The molecule has 0 amide bonds. The Morgan fingerprint density at radius 2 is 2.29 bits per heavy atom. The number of rotatable bonds is 5. The fourth-order valence-corrected chi connectivity index (χ4v) is 3.69. The van der Waals surface area contributed by atoms with E-state index in [9.17, 15) is 0 Å². The van der Waals surface area contributed by atoms with E-state index in [2.05, 4.69) is 35.1 Å². The van der Waals surface area contributed by atoms with Crippen LogP contribution in [0.2, 0.25) is 0 Å². The molecule has 0 radical (unpaired) electrons. The van der Waals surface area contributed by atoms with E-state index in [0.717, 1.165) is 12.5 Å². The summed E-state index contributed by atoms with van der Waals surface area (Å²) in [5.74, 6) is 3.58. The van der Waals surface area contributed by atoms with Gasteiger partial charge in [0.1, 0.15) is 0 Å². The van der Waals surface area contributed by atoms with Crippen LogP contribution in [0, 0.1) is 5.92 Å². The minimum Gasteiger partial charge on any atom is -0.310 e. The Balaban J connectivity index is 1.96. The van der Waals surface area contributed by atoms with Crippen molar-refractivity contribution < 1.29 is 0 Å². The monoisotopic (exact) mass is 250 g/mol. The molecule has 1 atom stereocenters. The quantitative estimate of drug-likeness (QED) is 0.868. The molecule has 0 spiro atoms. The molecule has 0 aromatic carbocycles. The number of nitrogens with zero attached hydrogens (tertiary/aromatic N) is 1. The maximum atomic E-state index is 4.24. The van der Waals surface area contributed by atoms with Crippen LogP contribution in [0.5, 0.6) is 0 Å². The molecule has 1 N–H and O–H groups in total. The summed E-state index contributed by atoms with van der Waals surface area (Å²) in [6.45, 7) is 3.21. The molecule has 1 aliphatic heterocycles. The van der Waals surface area contributed by atoms with Gasteiger partial charge >= 0.3 is 0 Å². The highest BCUT2D eigenvalue weighted by Gasteiger charge is 2.19. The summed E-state index contributed by atoms with van der Waals surface area (Å²) in [5.41, 5.74) is 1.34. The van der Waals surface area contributed by atoms with Gasteiger partial charge in [-0.05, 0) is 54.9 Å². The smallest absolute Gasteiger partial charge is 0.0338 e. The van der Waals surface area contributed by atoms with Crippen molar-refractivity contribution in [2.45, 2.75) is 32.2 Å². The van der Waals surface area contributed by atoms with Crippen LogP contribution in [0.3, 0.4) is 0 Å². The summed E-state index contributed by atoms with van der Waals surface area (Å²) < 4.78 is 0. The second kappa shape index (κ2) is 7.02. The molecular formula is C14H22N2S. The van der Waals surface area contributed by atoms with Crippen LogP contribution in [-0.4, -0.2) is 23.0 Å². The van der Waals surface area contributed by atoms with E-state index in [4.69, 9.17) is 0 Å². The van der Waals surface area contributed by atoms with Gasteiger partial charge < -0.3 is 5.32 Å². The van der Waals surface area contributed by atoms with Crippen LogP contribution in [0.4, 0.5) is 0 Å². The minimum absolute atomic E-state index is 0.488. The maximum Gasteiger partial charge on any atom is 0.0338 e. The van der Waals surface area contributed by atoms with Crippen molar-refractivity contribution in [3.63, 3.8) is 0 Å². The number of thioether (sulfide) groups is 1. The zero-order chi connectivity index (χ0) is 11.9. The van der Waals surface area contributed by atoms with Gasteiger partial charge in [0.05, 0.1) is 0 Å². The summed E-state index contributed by atoms with van der Waals surface area (Å²) in [5, 5.41) is 3.60. The highest BCUT2D eigenvalue weighted by Crippen LogP contribution is 2.30. The summed E-state index contributed by atoms with van der Waals surface area (Å²) in [6.07, 6.45) is 7.88. The van der Waals surface area contributed by atoms with E-state index in [-0.39, 0.29) is 0 Å². The standard InChI is InChI=1S/C14H22N2S/c1-2-16-14(13-4-3-7-15-11-13)10-12-5-8-17-9-6-12/h3-4,7,11-12,14,16H,2,5-6,8-10H2,1H3. The summed E-state index contributed by atoms with van der Waals surface area (Å²) in [4.78, 5) is 4.24. The van der Waals surface area contributed by atoms with Gasteiger partial charge in [0.25, 0.3) is 0 Å². The molecule has 1 fully saturated rings. The van der Waals surface area contributed by atoms with Gasteiger partial charge in [-0.1, -0.05) is 13.0 Å². The molecule has 2 heterocycles. The first kappa shape index (κ1) is 12.9. The molecule has 1 aliphatic rings. The van der Waals surface area contributed by atoms with Crippen molar-refractivity contribution in [2.75, 3.05) is 18.1 Å². The van der Waals surface area contributed by atoms with Crippen molar-refractivity contribution >= 4 is 11.8 Å². The van der Waals surface area contributed by atoms with Crippen LogP contribution in [0.1, 0.15) is 37.8 Å². The van der Waals surface area contributed by atoms with Crippen LogP contribution in [0.25, 0.3) is 0 Å². The summed E-state index contributed by atoms with van der Waals surface area (Å²) >= 11 is 2.10. The molecule has 1 aromatic rings. The number of pyridine rings is 1. The average Bonchev–Trinajstić information content (AvgIpc) is 2.40. The highest BCUT2D eigenvalue weighted by atomic mass is 32.2. The Kier molecular flexibility index (Phi) is 5.33. The summed E-state index contributed by atoms with van der Waals surface area (Å²) in [7, 11) is 0. The molecule has 1 unspecified atom stereocenters. The minimum atomic E-state index is 0.488. The van der Waals surface area contributed by atoms with Gasteiger partial charge in [-0.2, -0.15) is 11.8 Å². The van der Waals surface area contributed by atoms with Crippen molar-refractivity contribution in [2.24, 2.45) is 5.92 Å². The van der Waals surface area contributed by atoms with Crippen molar-refractivity contribution in [3.05, 3.63) is 30.1 Å². The number of nitrogens with one attached hydrogen (secondary N) is 1. The first-order valence-electron chi connectivity index (χ1n) is 6.61. The van der Waals surface area contributed by atoms with Gasteiger partial charge in [0.2, 0.25) is 0 Å². The molecule has 3 heteroatoms. The van der Waals surface area contributed by atoms with Gasteiger partial charge in [-0.15, -0.1) is 0 Å². The zero-order valence-electron chi connectivity index (χ0n) is 10.6. The molecule has 1 saturated heterocycles. The lowest BCUT2D eigenvalue weighted by Gasteiger charge is -2.27. The van der Waals surface area contributed by atoms with Gasteiger partial charge in [0, 0.05) is 18.4 Å². The van der Waals surface area contributed by atoms with E-state index < -0.39 is 0 Å². The van der Waals surface area contributed by atoms with Gasteiger partial charge in [0.15, 0.2) is 0 Å². The Morgan fingerprint density at radius 1 is 1.47 bits per heavy atom. The Morgan fingerprint density at radius 3 is 2.94 bits per heavy atom. The molecule has 2 nitrogen and oxygen atoms in total. The molecule has 0 bridgehead atoms. The van der Waals surface area contributed by atoms with Crippen LogP contribution < -0.4 is 5.32 Å². The highest BCUT2D eigenvalue weighted by molar-refractivity contribution is 7.99. The number of aromatic nitrogens is 1. The first-order valence-corrected chi connectivity index (χ1v) is 7.76. The third-order valence-electron chi connectivity index (χ3n) is 3.45. The lowest BCUT2D eigenvalue weighted by Crippen LogP contribution is -2.25. The second-order valence-electron chi connectivity index (χ2n) is 4.69. The molecule has 94 valence electrons. The Hall–Kier alpha value is -0.540. The van der Waals surface area contributed by atoms with Gasteiger partial charge in [-0.3, -0.25) is 4.98 Å². The maximum absolute atomic E-state index is 4.24. The molecule has 0 saturated carbocycles. The number of hydrogen-bond donors (Lipinski definition) is 1. The third kappa shape index (κ3) is 4.00. The van der Waals surface area contributed by atoms with Crippen molar-refractivity contribution in [1.29, 1.82) is 0 Å². The molecule has 1 aromatic heterocycles. The van der Waals surface area contributed by atoms with Crippen LogP contribution in [0.15, 0.2) is 24.5 Å². The predicted octanol–water partition coefficient (Wildman–Crippen LogP) is 3.27. The van der Waals surface area contributed by atoms with E-state index in [1.807, 2.05) is 18.5 Å². The summed E-state index contributed by atoms with van der Waals surface area (Å²) in [6, 6.07) is 4.72. The predicted molar refractivity (Wildman–Crippen MR) is 75.3 cm³/mol. The lowest BCUT2D eigenvalue weighted by molar-refractivity contribution is 0.374. The van der Waals surface area contributed by atoms with E-state index in [1.165, 1.54) is 36.3 Å². The van der Waals surface area contributed by atoms with Crippen molar-refractivity contribution in [3.8, 4) is 0 Å². The lowest BCUT2D eigenvalue weighted by atomic mass is 9.91. The van der Waals surface area contributed by atoms with E-state index in [1.54, 1.807) is 0 Å².